The zero-order valence-corrected chi connectivity index (χ0v) is 15.1. The van der Waals surface area contributed by atoms with Crippen LogP contribution in [0.15, 0.2) is 60.9 Å². The summed E-state index contributed by atoms with van der Waals surface area (Å²) >= 11 is 0. The lowest BCUT2D eigenvalue weighted by atomic mass is 9.97. The van der Waals surface area contributed by atoms with E-state index in [1.54, 1.807) is 12.4 Å². The SMILES string of the molecule is CNc1nc(-c2cccnc2)nc2cc(-c3ccc(C#N)cc3)c(C)cc12. The van der Waals surface area contributed by atoms with Crippen molar-refractivity contribution in [3.8, 4) is 28.6 Å². The van der Waals surface area contributed by atoms with Crippen LogP contribution in [0.5, 0.6) is 0 Å². The summed E-state index contributed by atoms with van der Waals surface area (Å²) in [4.78, 5) is 13.6. The minimum absolute atomic E-state index is 0.634. The van der Waals surface area contributed by atoms with Gasteiger partial charge in [0.15, 0.2) is 5.82 Å². The first-order valence-electron chi connectivity index (χ1n) is 8.60. The molecule has 27 heavy (non-hydrogen) atoms. The molecule has 0 aliphatic rings. The molecule has 2 heterocycles. The summed E-state index contributed by atoms with van der Waals surface area (Å²) in [5.74, 6) is 1.42. The van der Waals surface area contributed by atoms with Gasteiger partial charge in [0.05, 0.1) is 17.1 Å². The Bertz CT molecular complexity index is 1160. The van der Waals surface area contributed by atoms with Gasteiger partial charge in [-0.3, -0.25) is 4.98 Å². The smallest absolute Gasteiger partial charge is 0.163 e. The largest absolute Gasteiger partial charge is 0.373 e. The minimum atomic E-state index is 0.634. The maximum Gasteiger partial charge on any atom is 0.163 e. The molecule has 0 saturated heterocycles. The van der Waals surface area contributed by atoms with E-state index in [0.29, 0.717) is 11.4 Å². The van der Waals surface area contributed by atoms with Crippen molar-refractivity contribution in [2.75, 3.05) is 12.4 Å². The van der Waals surface area contributed by atoms with Gasteiger partial charge in [0.2, 0.25) is 0 Å². The molecule has 0 spiro atoms. The molecular formula is C22H17N5. The van der Waals surface area contributed by atoms with Gasteiger partial charge in [-0.05, 0) is 60.0 Å². The predicted octanol–water partition coefficient (Wildman–Crippen LogP) is 4.58. The number of aryl methyl sites for hydroxylation is 1. The molecule has 4 aromatic rings. The van der Waals surface area contributed by atoms with E-state index in [9.17, 15) is 0 Å². The lowest BCUT2D eigenvalue weighted by molar-refractivity contribution is 1.19. The van der Waals surface area contributed by atoms with Crippen LogP contribution in [0.3, 0.4) is 0 Å². The van der Waals surface area contributed by atoms with Crippen molar-refractivity contribution in [2.24, 2.45) is 0 Å². The predicted molar refractivity (Wildman–Crippen MR) is 107 cm³/mol. The molecule has 5 nitrogen and oxygen atoms in total. The highest BCUT2D eigenvalue weighted by Crippen LogP contribution is 2.31. The number of nitrogens with zero attached hydrogens (tertiary/aromatic N) is 4. The molecule has 0 unspecified atom stereocenters. The molecule has 0 amide bonds. The minimum Gasteiger partial charge on any atom is -0.373 e. The zero-order valence-electron chi connectivity index (χ0n) is 15.1. The first-order valence-corrected chi connectivity index (χ1v) is 8.60. The van der Waals surface area contributed by atoms with Crippen LogP contribution in [0.25, 0.3) is 33.4 Å². The van der Waals surface area contributed by atoms with E-state index < -0.39 is 0 Å². The number of benzene rings is 2. The number of aromatic nitrogens is 3. The van der Waals surface area contributed by atoms with Gasteiger partial charge >= 0.3 is 0 Å². The van der Waals surface area contributed by atoms with Gasteiger partial charge in [0.1, 0.15) is 5.82 Å². The Hall–Kier alpha value is -3.78. The second kappa shape index (κ2) is 6.85. The van der Waals surface area contributed by atoms with Crippen LogP contribution in [0.2, 0.25) is 0 Å². The number of rotatable bonds is 3. The van der Waals surface area contributed by atoms with Crippen LogP contribution in [-0.4, -0.2) is 22.0 Å². The fourth-order valence-electron chi connectivity index (χ4n) is 3.13. The highest BCUT2D eigenvalue weighted by atomic mass is 15.0. The summed E-state index contributed by atoms with van der Waals surface area (Å²) in [5.41, 5.74) is 5.65. The molecule has 0 radical (unpaired) electrons. The van der Waals surface area contributed by atoms with Crippen LogP contribution < -0.4 is 5.32 Å². The van der Waals surface area contributed by atoms with Gasteiger partial charge in [-0.25, -0.2) is 9.97 Å². The number of hydrogen-bond donors (Lipinski definition) is 1. The third-order valence-electron chi connectivity index (χ3n) is 4.52. The van der Waals surface area contributed by atoms with E-state index in [0.717, 1.165) is 39.0 Å². The van der Waals surface area contributed by atoms with E-state index >= 15 is 0 Å². The summed E-state index contributed by atoms with van der Waals surface area (Å²) in [7, 11) is 1.86. The Morgan fingerprint density at radius 1 is 1.00 bits per heavy atom. The molecular weight excluding hydrogens is 334 g/mol. The third-order valence-corrected chi connectivity index (χ3v) is 4.52. The second-order valence-corrected chi connectivity index (χ2v) is 6.26. The van der Waals surface area contributed by atoms with E-state index in [-0.39, 0.29) is 0 Å². The normalized spacial score (nSPS) is 10.6. The fourth-order valence-corrected chi connectivity index (χ4v) is 3.13. The van der Waals surface area contributed by atoms with Gasteiger partial charge < -0.3 is 5.32 Å². The van der Waals surface area contributed by atoms with E-state index in [1.807, 2.05) is 43.4 Å². The van der Waals surface area contributed by atoms with Gasteiger partial charge in [0.25, 0.3) is 0 Å². The average molecular weight is 351 g/mol. The van der Waals surface area contributed by atoms with Crippen LogP contribution in [0.1, 0.15) is 11.1 Å². The van der Waals surface area contributed by atoms with Crippen molar-refractivity contribution < 1.29 is 0 Å². The van der Waals surface area contributed by atoms with Crippen molar-refractivity contribution >= 4 is 16.7 Å². The summed E-state index contributed by atoms with van der Waals surface area (Å²) in [6.45, 7) is 2.07. The Labute approximate surface area is 157 Å². The third kappa shape index (κ3) is 3.09. The number of hydrogen-bond acceptors (Lipinski definition) is 5. The summed E-state index contributed by atoms with van der Waals surface area (Å²) in [6, 6.07) is 17.8. The monoisotopic (exact) mass is 351 g/mol. The summed E-state index contributed by atoms with van der Waals surface area (Å²) < 4.78 is 0. The Morgan fingerprint density at radius 3 is 2.48 bits per heavy atom. The number of nitrogens with one attached hydrogen (secondary N) is 1. The Balaban J connectivity index is 1.92. The molecule has 1 N–H and O–H groups in total. The van der Waals surface area contributed by atoms with Gasteiger partial charge in [0, 0.05) is 30.4 Å². The molecule has 0 atom stereocenters. The summed E-state index contributed by atoms with van der Waals surface area (Å²) in [6.07, 6.45) is 3.49. The molecule has 2 aromatic heterocycles. The van der Waals surface area contributed by atoms with Crippen molar-refractivity contribution in [1.29, 1.82) is 5.26 Å². The highest BCUT2D eigenvalue weighted by Gasteiger charge is 2.12. The zero-order chi connectivity index (χ0) is 18.8. The number of fused-ring (bicyclic) bond motifs is 1. The lowest BCUT2D eigenvalue weighted by Crippen LogP contribution is -2.00. The van der Waals surface area contributed by atoms with Crippen molar-refractivity contribution in [2.45, 2.75) is 6.92 Å². The standard InChI is InChI=1S/C22H17N5/c1-14-10-19-20(11-18(14)16-7-5-15(12-23)6-8-16)26-21(27-22(19)24-2)17-4-3-9-25-13-17/h3-11,13H,1-2H3,(H,24,26,27). The molecule has 0 aliphatic heterocycles. The molecule has 0 saturated carbocycles. The van der Waals surface area contributed by atoms with Crippen LogP contribution >= 0.6 is 0 Å². The maximum atomic E-state index is 9.01. The molecule has 130 valence electrons. The molecule has 4 rings (SSSR count). The van der Waals surface area contributed by atoms with E-state index in [1.165, 1.54) is 0 Å². The Morgan fingerprint density at radius 2 is 1.81 bits per heavy atom. The Kier molecular flexibility index (Phi) is 4.23. The number of nitriles is 1. The molecule has 2 aromatic carbocycles. The summed E-state index contributed by atoms with van der Waals surface area (Å²) in [5, 5.41) is 13.2. The molecule has 0 aliphatic carbocycles. The highest BCUT2D eigenvalue weighted by molar-refractivity contribution is 5.94. The van der Waals surface area contributed by atoms with Gasteiger partial charge in [-0.1, -0.05) is 12.1 Å². The topological polar surface area (TPSA) is 74.5 Å². The average Bonchev–Trinajstić information content (AvgIpc) is 2.73. The maximum absolute atomic E-state index is 9.01. The van der Waals surface area contributed by atoms with Gasteiger partial charge in [-0.2, -0.15) is 5.26 Å². The van der Waals surface area contributed by atoms with Crippen molar-refractivity contribution in [3.63, 3.8) is 0 Å². The molecule has 0 fully saturated rings. The van der Waals surface area contributed by atoms with Crippen LogP contribution in [-0.2, 0) is 0 Å². The molecule has 0 bridgehead atoms. The number of anilines is 1. The van der Waals surface area contributed by atoms with Gasteiger partial charge in [-0.15, -0.1) is 0 Å². The van der Waals surface area contributed by atoms with E-state index in [4.69, 9.17) is 10.2 Å². The van der Waals surface area contributed by atoms with Crippen molar-refractivity contribution in [3.05, 3.63) is 72.1 Å². The number of pyridine rings is 1. The van der Waals surface area contributed by atoms with Crippen molar-refractivity contribution in [1.82, 2.24) is 15.0 Å². The lowest BCUT2D eigenvalue weighted by Gasteiger charge is -2.12. The second-order valence-electron chi connectivity index (χ2n) is 6.26. The quantitative estimate of drug-likeness (QED) is 0.585. The first-order chi connectivity index (χ1) is 13.2. The molecule has 5 heteroatoms. The van der Waals surface area contributed by atoms with E-state index in [2.05, 4.69) is 40.4 Å². The fraction of sp³-hybridized carbons (Fsp3) is 0.0909. The van der Waals surface area contributed by atoms with Crippen LogP contribution in [0, 0.1) is 18.3 Å². The van der Waals surface area contributed by atoms with Crippen LogP contribution in [0.4, 0.5) is 5.82 Å². The first kappa shape index (κ1) is 16.7.